The zero-order valence-electron chi connectivity index (χ0n) is 11.6. The molecule has 0 spiro atoms. The molecule has 0 aliphatic heterocycles. The summed E-state index contributed by atoms with van der Waals surface area (Å²) < 4.78 is 11.9. The van der Waals surface area contributed by atoms with Crippen molar-refractivity contribution in [1.82, 2.24) is 9.78 Å². The molecule has 0 saturated carbocycles. The second-order valence-corrected chi connectivity index (χ2v) is 4.35. The number of aryl methyl sites for hydroxylation is 1. The van der Waals surface area contributed by atoms with Crippen molar-refractivity contribution >= 4 is 5.97 Å². The van der Waals surface area contributed by atoms with Crippen molar-refractivity contribution in [2.75, 3.05) is 14.2 Å². The van der Waals surface area contributed by atoms with Gasteiger partial charge in [-0.3, -0.25) is 4.68 Å². The molecule has 0 radical (unpaired) electrons. The summed E-state index contributed by atoms with van der Waals surface area (Å²) in [5, 5.41) is 13.0. The lowest BCUT2D eigenvalue weighted by Gasteiger charge is -2.09. The highest BCUT2D eigenvalue weighted by atomic mass is 16.5. The number of hydrogen-bond acceptors (Lipinski definition) is 4. The second kappa shape index (κ2) is 5.75. The van der Waals surface area contributed by atoms with Crippen LogP contribution in [0.4, 0.5) is 0 Å². The third-order valence-corrected chi connectivity index (χ3v) is 2.91. The van der Waals surface area contributed by atoms with Crippen LogP contribution in [-0.4, -0.2) is 35.1 Å². The van der Waals surface area contributed by atoms with Crippen LogP contribution >= 0.6 is 0 Å². The lowest BCUT2D eigenvalue weighted by Crippen LogP contribution is -1.99. The van der Waals surface area contributed by atoms with Crippen molar-refractivity contribution in [3.63, 3.8) is 0 Å². The number of carbonyl (C=O) groups is 1. The molecule has 1 heterocycles. The van der Waals surface area contributed by atoms with Crippen molar-refractivity contribution < 1.29 is 19.4 Å². The van der Waals surface area contributed by atoms with E-state index in [1.807, 2.05) is 18.2 Å². The SMILES string of the molecule is COCc1cc(OC)cc(-c2cc(C(=O)O)nn2C)c1. The lowest BCUT2D eigenvalue weighted by molar-refractivity contribution is 0.0689. The highest BCUT2D eigenvalue weighted by Gasteiger charge is 2.14. The molecular weight excluding hydrogens is 260 g/mol. The van der Waals surface area contributed by atoms with E-state index in [-0.39, 0.29) is 5.69 Å². The normalized spacial score (nSPS) is 10.6. The molecule has 0 bridgehead atoms. The summed E-state index contributed by atoms with van der Waals surface area (Å²) in [7, 11) is 4.91. The number of carboxylic acid groups (broad SMARTS) is 1. The first-order valence-corrected chi connectivity index (χ1v) is 5.99. The fourth-order valence-corrected chi connectivity index (χ4v) is 2.02. The number of rotatable bonds is 5. The standard InChI is InChI=1S/C14H16N2O4/c1-16-13(7-12(15-16)14(17)18)10-4-9(8-19-2)5-11(6-10)20-3/h4-7H,8H2,1-3H3,(H,17,18). The Morgan fingerprint density at radius 2 is 2.05 bits per heavy atom. The van der Waals surface area contributed by atoms with Gasteiger partial charge in [-0.15, -0.1) is 0 Å². The first kappa shape index (κ1) is 14.1. The van der Waals surface area contributed by atoms with Gasteiger partial charge in [-0.25, -0.2) is 4.79 Å². The molecule has 0 amide bonds. The van der Waals surface area contributed by atoms with Crippen LogP contribution < -0.4 is 4.74 Å². The van der Waals surface area contributed by atoms with Crippen LogP contribution in [-0.2, 0) is 18.4 Å². The summed E-state index contributed by atoms with van der Waals surface area (Å²) in [5.74, 6) is -0.362. The van der Waals surface area contributed by atoms with Crippen molar-refractivity contribution in [3.05, 3.63) is 35.5 Å². The average Bonchev–Trinajstić information content (AvgIpc) is 2.81. The monoisotopic (exact) mass is 276 g/mol. The first-order chi connectivity index (χ1) is 9.55. The van der Waals surface area contributed by atoms with Crippen LogP contribution in [0.15, 0.2) is 24.3 Å². The van der Waals surface area contributed by atoms with Gasteiger partial charge >= 0.3 is 5.97 Å². The molecular formula is C14H16N2O4. The number of methoxy groups -OCH3 is 2. The Morgan fingerprint density at radius 3 is 2.60 bits per heavy atom. The highest BCUT2D eigenvalue weighted by molar-refractivity contribution is 5.87. The number of aromatic carboxylic acids is 1. The Balaban J connectivity index is 2.50. The molecule has 6 heteroatoms. The molecule has 0 atom stereocenters. The summed E-state index contributed by atoms with van der Waals surface area (Å²) in [6.45, 7) is 0.452. The largest absolute Gasteiger partial charge is 0.497 e. The molecule has 0 unspecified atom stereocenters. The van der Waals surface area contributed by atoms with E-state index in [1.165, 1.54) is 10.7 Å². The van der Waals surface area contributed by atoms with Gasteiger partial charge in [0.25, 0.3) is 0 Å². The Bertz CT molecular complexity index is 634. The molecule has 106 valence electrons. The van der Waals surface area contributed by atoms with Gasteiger partial charge in [-0.1, -0.05) is 0 Å². The topological polar surface area (TPSA) is 73.6 Å². The second-order valence-electron chi connectivity index (χ2n) is 4.35. The number of benzene rings is 1. The molecule has 6 nitrogen and oxygen atoms in total. The molecule has 2 rings (SSSR count). The summed E-state index contributed by atoms with van der Waals surface area (Å²) in [5.41, 5.74) is 2.50. The minimum atomic E-state index is -1.05. The molecule has 1 aromatic carbocycles. The van der Waals surface area contributed by atoms with Crippen molar-refractivity contribution in [1.29, 1.82) is 0 Å². The fourth-order valence-electron chi connectivity index (χ4n) is 2.02. The zero-order valence-corrected chi connectivity index (χ0v) is 11.6. The zero-order chi connectivity index (χ0) is 14.7. The molecule has 0 aliphatic rings. The molecule has 1 N–H and O–H groups in total. The van der Waals surface area contributed by atoms with Gasteiger partial charge in [0, 0.05) is 19.7 Å². The maximum Gasteiger partial charge on any atom is 0.356 e. The van der Waals surface area contributed by atoms with E-state index in [2.05, 4.69) is 5.10 Å². The summed E-state index contributed by atoms with van der Waals surface area (Å²) >= 11 is 0. The van der Waals surface area contributed by atoms with Crippen molar-refractivity contribution in [2.45, 2.75) is 6.61 Å². The number of hydrogen-bond donors (Lipinski definition) is 1. The van der Waals surface area contributed by atoms with E-state index in [4.69, 9.17) is 14.6 Å². The van der Waals surface area contributed by atoms with Gasteiger partial charge in [0.1, 0.15) is 5.75 Å². The Morgan fingerprint density at radius 1 is 1.30 bits per heavy atom. The van der Waals surface area contributed by atoms with Crippen molar-refractivity contribution in [3.8, 4) is 17.0 Å². The number of ether oxygens (including phenoxy) is 2. The first-order valence-electron chi connectivity index (χ1n) is 5.99. The molecule has 0 saturated heterocycles. The predicted octanol–water partition coefficient (Wildman–Crippen LogP) is 1.94. The Kier molecular flexibility index (Phi) is 4.05. The minimum absolute atomic E-state index is 0.0126. The van der Waals surface area contributed by atoms with Gasteiger partial charge in [0.2, 0.25) is 0 Å². The van der Waals surface area contributed by atoms with E-state index >= 15 is 0 Å². The number of aromatic nitrogens is 2. The third kappa shape index (κ3) is 2.80. The molecule has 2 aromatic rings. The quantitative estimate of drug-likeness (QED) is 0.903. The average molecular weight is 276 g/mol. The van der Waals surface area contributed by atoms with Crippen LogP contribution in [0.25, 0.3) is 11.3 Å². The maximum atomic E-state index is 11.0. The van der Waals surface area contributed by atoms with E-state index in [0.29, 0.717) is 18.1 Å². The van der Waals surface area contributed by atoms with Gasteiger partial charge < -0.3 is 14.6 Å². The van der Waals surface area contributed by atoms with E-state index in [0.717, 1.165) is 11.1 Å². The van der Waals surface area contributed by atoms with Gasteiger partial charge in [-0.2, -0.15) is 5.10 Å². The van der Waals surface area contributed by atoms with Crippen LogP contribution in [0.2, 0.25) is 0 Å². The van der Waals surface area contributed by atoms with Gasteiger partial charge in [0.05, 0.1) is 19.4 Å². The minimum Gasteiger partial charge on any atom is -0.497 e. The summed E-state index contributed by atoms with van der Waals surface area (Å²) in [6.07, 6.45) is 0. The van der Waals surface area contributed by atoms with E-state index < -0.39 is 5.97 Å². The fraction of sp³-hybridized carbons (Fsp3) is 0.286. The third-order valence-electron chi connectivity index (χ3n) is 2.91. The molecule has 0 aliphatic carbocycles. The number of carboxylic acids is 1. The van der Waals surface area contributed by atoms with Crippen LogP contribution in [0.1, 0.15) is 16.1 Å². The number of nitrogens with zero attached hydrogens (tertiary/aromatic N) is 2. The van der Waals surface area contributed by atoms with Gasteiger partial charge in [0.15, 0.2) is 5.69 Å². The molecule has 20 heavy (non-hydrogen) atoms. The van der Waals surface area contributed by atoms with Gasteiger partial charge in [-0.05, 0) is 29.8 Å². The summed E-state index contributed by atoms with van der Waals surface area (Å²) in [6, 6.07) is 7.17. The van der Waals surface area contributed by atoms with Crippen LogP contribution in [0.5, 0.6) is 5.75 Å². The Labute approximate surface area is 116 Å². The van der Waals surface area contributed by atoms with E-state index in [9.17, 15) is 4.79 Å². The molecule has 1 aromatic heterocycles. The van der Waals surface area contributed by atoms with E-state index in [1.54, 1.807) is 21.3 Å². The van der Waals surface area contributed by atoms with Crippen molar-refractivity contribution in [2.24, 2.45) is 7.05 Å². The van der Waals surface area contributed by atoms with Crippen LogP contribution in [0, 0.1) is 0 Å². The highest BCUT2D eigenvalue weighted by Crippen LogP contribution is 2.26. The van der Waals surface area contributed by atoms with Crippen LogP contribution in [0.3, 0.4) is 0 Å². The summed E-state index contributed by atoms with van der Waals surface area (Å²) in [4.78, 5) is 11.0. The lowest BCUT2D eigenvalue weighted by atomic mass is 10.1. The Hall–Kier alpha value is -2.34. The maximum absolute atomic E-state index is 11.0. The molecule has 0 fully saturated rings. The predicted molar refractivity (Wildman–Crippen MR) is 72.9 cm³/mol. The smallest absolute Gasteiger partial charge is 0.356 e.